The van der Waals surface area contributed by atoms with Crippen molar-refractivity contribution in [1.29, 1.82) is 0 Å². The zero-order valence-electron chi connectivity index (χ0n) is 13.1. The van der Waals surface area contributed by atoms with Gasteiger partial charge >= 0.3 is 6.03 Å². The lowest BCUT2D eigenvalue weighted by molar-refractivity contribution is 0.210. The molecule has 2 N–H and O–H groups in total. The van der Waals surface area contributed by atoms with Gasteiger partial charge in [0.05, 0.1) is 6.04 Å². The Bertz CT molecular complexity index is 496. The van der Waals surface area contributed by atoms with Gasteiger partial charge in [0, 0.05) is 6.04 Å². The van der Waals surface area contributed by atoms with Crippen LogP contribution < -0.4 is 15.4 Å². The zero-order valence-corrected chi connectivity index (χ0v) is 13.1. The molecule has 4 heteroatoms. The molecule has 1 heterocycles. The molecular formula is C18H26N2O2. The Morgan fingerprint density at radius 1 is 0.955 bits per heavy atom. The number of ether oxygens (including phenoxy) is 1. The van der Waals surface area contributed by atoms with Gasteiger partial charge < -0.3 is 15.4 Å². The van der Waals surface area contributed by atoms with E-state index in [1.807, 2.05) is 18.2 Å². The van der Waals surface area contributed by atoms with E-state index in [9.17, 15) is 4.79 Å². The third-order valence-electron chi connectivity index (χ3n) is 4.65. The molecule has 0 radical (unpaired) electrons. The maximum atomic E-state index is 12.2. The minimum atomic E-state index is -0.0430. The Labute approximate surface area is 132 Å². The predicted octanol–water partition coefficient (Wildman–Crippen LogP) is 3.40. The van der Waals surface area contributed by atoms with E-state index < -0.39 is 0 Å². The number of fused-ring (bicyclic) bond motifs is 1. The van der Waals surface area contributed by atoms with Gasteiger partial charge in [-0.1, -0.05) is 50.3 Å². The maximum Gasteiger partial charge on any atom is 0.315 e. The molecule has 2 aliphatic rings. The van der Waals surface area contributed by atoms with Crippen LogP contribution in [0.15, 0.2) is 24.3 Å². The van der Waals surface area contributed by atoms with Crippen molar-refractivity contribution in [1.82, 2.24) is 10.6 Å². The molecule has 120 valence electrons. The van der Waals surface area contributed by atoms with E-state index in [2.05, 4.69) is 16.7 Å². The van der Waals surface area contributed by atoms with Crippen LogP contribution in [0.2, 0.25) is 0 Å². The number of para-hydroxylation sites is 1. The zero-order chi connectivity index (χ0) is 15.2. The van der Waals surface area contributed by atoms with Gasteiger partial charge in [0.2, 0.25) is 0 Å². The Morgan fingerprint density at radius 2 is 1.64 bits per heavy atom. The SMILES string of the molecule is O=C(NC1CCCCCCC1)NC1COc2ccccc2C1. The molecule has 2 amide bonds. The van der Waals surface area contributed by atoms with Crippen LogP contribution in [0.3, 0.4) is 0 Å². The highest BCUT2D eigenvalue weighted by Crippen LogP contribution is 2.24. The summed E-state index contributed by atoms with van der Waals surface area (Å²) in [6.07, 6.45) is 9.46. The highest BCUT2D eigenvalue weighted by Gasteiger charge is 2.22. The molecule has 1 aliphatic carbocycles. The van der Waals surface area contributed by atoms with E-state index in [1.54, 1.807) is 0 Å². The van der Waals surface area contributed by atoms with Crippen LogP contribution in [0, 0.1) is 0 Å². The first-order valence-electron chi connectivity index (χ1n) is 8.59. The van der Waals surface area contributed by atoms with E-state index in [1.165, 1.54) is 37.7 Å². The number of urea groups is 1. The van der Waals surface area contributed by atoms with Crippen molar-refractivity contribution in [2.75, 3.05) is 6.61 Å². The topological polar surface area (TPSA) is 50.4 Å². The molecule has 22 heavy (non-hydrogen) atoms. The van der Waals surface area contributed by atoms with Crippen LogP contribution in [0.25, 0.3) is 0 Å². The summed E-state index contributed by atoms with van der Waals surface area (Å²) < 4.78 is 5.72. The average molecular weight is 302 g/mol. The highest BCUT2D eigenvalue weighted by molar-refractivity contribution is 5.74. The van der Waals surface area contributed by atoms with E-state index in [4.69, 9.17) is 4.74 Å². The van der Waals surface area contributed by atoms with Gasteiger partial charge in [-0.25, -0.2) is 4.79 Å². The van der Waals surface area contributed by atoms with Crippen molar-refractivity contribution in [3.05, 3.63) is 29.8 Å². The van der Waals surface area contributed by atoms with Crippen LogP contribution in [0.5, 0.6) is 5.75 Å². The summed E-state index contributed by atoms with van der Waals surface area (Å²) in [7, 11) is 0. The summed E-state index contributed by atoms with van der Waals surface area (Å²) in [6, 6.07) is 8.39. The van der Waals surface area contributed by atoms with Crippen molar-refractivity contribution in [3.63, 3.8) is 0 Å². The quantitative estimate of drug-likeness (QED) is 0.879. The number of benzene rings is 1. The molecule has 0 aromatic heterocycles. The largest absolute Gasteiger partial charge is 0.491 e. The summed E-state index contributed by atoms with van der Waals surface area (Å²) >= 11 is 0. The highest BCUT2D eigenvalue weighted by atomic mass is 16.5. The van der Waals surface area contributed by atoms with Gasteiger partial charge in [-0.3, -0.25) is 0 Å². The first kappa shape index (κ1) is 15.2. The molecule has 1 aromatic rings. The number of amides is 2. The number of hydrogen-bond donors (Lipinski definition) is 2. The van der Waals surface area contributed by atoms with Gasteiger partial charge in [-0.15, -0.1) is 0 Å². The Hall–Kier alpha value is -1.71. The molecule has 0 saturated heterocycles. The van der Waals surface area contributed by atoms with Crippen LogP contribution in [0.4, 0.5) is 4.79 Å². The lowest BCUT2D eigenvalue weighted by Crippen LogP contribution is -2.50. The minimum absolute atomic E-state index is 0.0430. The first-order valence-corrected chi connectivity index (χ1v) is 8.59. The van der Waals surface area contributed by atoms with Gasteiger partial charge in [-0.2, -0.15) is 0 Å². The summed E-state index contributed by atoms with van der Waals surface area (Å²) in [4.78, 5) is 12.2. The molecule has 1 aromatic carbocycles. The van der Waals surface area contributed by atoms with E-state index >= 15 is 0 Å². The van der Waals surface area contributed by atoms with Crippen LogP contribution >= 0.6 is 0 Å². The number of carbonyl (C=O) groups is 1. The molecule has 1 atom stereocenters. The molecule has 1 unspecified atom stereocenters. The fourth-order valence-electron chi connectivity index (χ4n) is 3.43. The van der Waals surface area contributed by atoms with Crippen molar-refractivity contribution in [2.45, 2.75) is 63.5 Å². The molecule has 0 bridgehead atoms. The van der Waals surface area contributed by atoms with Crippen LogP contribution in [-0.4, -0.2) is 24.7 Å². The number of carbonyl (C=O) groups excluding carboxylic acids is 1. The second-order valence-electron chi connectivity index (χ2n) is 6.48. The fourth-order valence-corrected chi connectivity index (χ4v) is 3.43. The summed E-state index contributed by atoms with van der Waals surface area (Å²) in [5, 5.41) is 6.22. The van der Waals surface area contributed by atoms with Crippen LogP contribution in [-0.2, 0) is 6.42 Å². The number of hydrogen-bond acceptors (Lipinski definition) is 2. The molecule has 4 nitrogen and oxygen atoms in total. The molecule has 1 fully saturated rings. The third-order valence-corrected chi connectivity index (χ3v) is 4.65. The fraction of sp³-hybridized carbons (Fsp3) is 0.611. The second kappa shape index (κ2) is 7.52. The molecule has 3 rings (SSSR count). The number of nitrogens with one attached hydrogen (secondary N) is 2. The van der Waals surface area contributed by atoms with Gasteiger partial charge in [-0.05, 0) is 30.9 Å². The average Bonchev–Trinajstić information content (AvgIpc) is 2.50. The Kier molecular flexibility index (Phi) is 5.20. The van der Waals surface area contributed by atoms with Crippen molar-refractivity contribution in [2.24, 2.45) is 0 Å². The monoisotopic (exact) mass is 302 g/mol. The van der Waals surface area contributed by atoms with Crippen molar-refractivity contribution in [3.8, 4) is 5.75 Å². The Morgan fingerprint density at radius 3 is 2.45 bits per heavy atom. The molecule has 0 spiro atoms. The standard InChI is InChI=1S/C18H26N2O2/c21-18(19-15-9-4-2-1-3-5-10-15)20-16-12-14-8-6-7-11-17(14)22-13-16/h6-8,11,15-16H,1-5,9-10,12-13H2,(H2,19,20,21). The first-order chi connectivity index (χ1) is 10.8. The molecule has 1 aliphatic heterocycles. The van der Waals surface area contributed by atoms with E-state index in [-0.39, 0.29) is 12.1 Å². The van der Waals surface area contributed by atoms with Gasteiger partial charge in [0.1, 0.15) is 12.4 Å². The van der Waals surface area contributed by atoms with Gasteiger partial charge in [0.15, 0.2) is 0 Å². The van der Waals surface area contributed by atoms with Gasteiger partial charge in [0.25, 0.3) is 0 Å². The lowest BCUT2D eigenvalue weighted by Gasteiger charge is -2.27. The second-order valence-corrected chi connectivity index (χ2v) is 6.48. The Balaban J connectivity index is 1.47. The summed E-state index contributed by atoms with van der Waals surface area (Å²) in [5.74, 6) is 0.945. The van der Waals surface area contributed by atoms with Crippen molar-refractivity contribution < 1.29 is 9.53 Å². The maximum absolute atomic E-state index is 12.2. The van der Waals surface area contributed by atoms with E-state index in [0.717, 1.165) is 25.0 Å². The van der Waals surface area contributed by atoms with E-state index in [0.29, 0.717) is 12.6 Å². The predicted molar refractivity (Wildman–Crippen MR) is 87.2 cm³/mol. The number of rotatable bonds is 2. The lowest BCUT2D eigenvalue weighted by atomic mass is 9.97. The molecule has 1 saturated carbocycles. The van der Waals surface area contributed by atoms with Crippen LogP contribution in [0.1, 0.15) is 50.5 Å². The summed E-state index contributed by atoms with van der Waals surface area (Å²) in [5.41, 5.74) is 1.17. The third kappa shape index (κ3) is 4.15. The minimum Gasteiger partial charge on any atom is -0.491 e. The molecular weight excluding hydrogens is 276 g/mol. The summed E-state index contributed by atoms with van der Waals surface area (Å²) in [6.45, 7) is 0.551. The smallest absolute Gasteiger partial charge is 0.315 e. The van der Waals surface area contributed by atoms with Crippen molar-refractivity contribution >= 4 is 6.03 Å². The normalized spacial score (nSPS) is 22.6.